The van der Waals surface area contributed by atoms with Crippen LogP contribution in [0.2, 0.25) is 0 Å². The average molecular weight is 158 g/mol. The van der Waals surface area contributed by atoms with Gasteiger partial charge in [-0.25, -0.2) is 0 Å². The van der Waals surface area contributed by atoms with Crippen LogP contribution in [0.5, 0.6) is 0 Å². The van der Waals surface area contributed by atoms with Crippen molar-refractivity contribution in [3.8, 4) is 0 Å². The highest BCUT2D eigenvalue weighted by molar-refractivity contribution is 4.98. The van der Waals surface area contributed by atoms with E-state index in [2.05, 4.69) is 0 Å². The highest BCUT2D eigenvalue weighted by Crippen LogP contribution is 2.15. The van der Waals surface area contributed by atoms with Gasteiger partial charge in [-0.1, -0.05) is 0 Å². The predicted molar refractivity (Wildman–Crippen MR) is 40.9 cm³/mol. The Bertz CT molecular complexity index is 151. The van der Waals surface area contributed by atoms with Crippen molar-refractivity contribution in [1.82, 2.24) is 0 Å². The Labute approximate surface area is 66.6 Å². The van der Waals surface area contributed by atoms with Gasteiger partial charge in [0.2, 0.25) is 0 Å². The molecule has 3 heteroatoms. The number of hydrogen-bond acceptors (Lipinski definition) is 3. The Balaban J connectivity index is 2.47. The molecule has 0 aromatic heterocycles. The molecular formula is C8H14O3. The highest BCUT2D eigenvalue weighted by Gasteiger charge is 2.17. The van der Waals surface area contributed by atoms with Crippen molar-refractivity contribution in [2.24, 2.45) is 0 Å². The molecule has 0 spiro atoms. The monoisotopic (exact) mass is 158 g/mol. The summed E-state index contributed by atoms with van der Waals surface area (Å²) in [6.07, 6.45) is 1.73. The summed E-state index contributed by atoms with van der Waals surface area (Å²) in [5, 5.41) is 9.34. The summed E-state index contributed by atoms with van der Waals surface area (Å²) in [6, 6.07) is 0. The van der Waals surface area contributed by atoms with Gasteiger partial charge in [-0.3, -0.25) is 0 Å². The van der Waals surface area contributed by atoms with Gasteiger partial charge in [0.25, 0.3) is 0 Å². The van der Waals surface area contributed by atoms with E-state index < -0.39 is 6.10 Å². The zero-order valence-corrected chi connectivity index (χ0v) is 6.91. The van der Waals surface area contributed by atoms with Crippen LogP contribution in [0.25, 0.3) is 0 Å². The summed E-state index contributed by atoms with van der Waals surface area (Å²) in [4.78, 5) is 0. The lowest BCUT2D eigenvalue weighted by molar-refractivity contribution is 0.0249. The Morgan fingerprint density at radius 3 is 3.00 bits per heavy atom. The molecule has 1 heterocycles. The molecule has 11 heavy (non-hydrogen) atoms. The Morgan fingerprint density at radius 1 is 1.73 bits per heavy atom. The van der Waals surface area contributed by atoms with Gasteiger partial charge in [-0.05, 0) is 13.8 Å². The zero-order chi connectivity index (χ0) is 8.27. The molecule has 0 saturated carbocycles. The second kappa shape index (κ2) is 3.62. The fourth-order valence-corrected chi connectivity index (χ4v) is 0.920. The molecule has 1 aliphatic rings. The van der Waals surface area contributed by atoms with Gasteiger partial charge in [0.05, 0.1) is 12.7 Å². The van der Waals surface area contributed by atoms with Crippen LogP contribution in [0, 0.1) is 0 Å². The summed E-state index contributed by atoms with van der Waals surface area (Å²) in [6.45, 7) is 4.41. The van der Waals surface area contributed by atoms with E-state index in [0.717, 1.165) is 0 Å². The van der Waals surface area contributed by atoms with E-state index in [4.69, 9.17) is 9.47 Å². The smallest absolute Gasteiger partial charge is 0.159 e. The summed E-state index contributed by atoms with van der Waals surface area (Å²) < 4.78 is 10.3. The third kappa shape index (κ3) is 2.42. The van der Waals surface area contributed by atoms with Crippen LogP contribution in [0.1, 0.15) is 20.3 Å². The molecule has 1 rings (SSSR count). The summed E-state index contributed by atoms with van der Waals surface area (Å²) in [5.41, 5.74) is 0. The third-order valence-electron chi connectivity index (χ3n) is 1.41. The maximum atomic E-state index is 9.34. The first-order valence-corrected chi connectivity index (χ1v) is 3.86. The van der Waals surface area contributed by atoms with Crippen molar-refractivity contribution in [1.29, 1.82) is 0 Å². The minimum absolute atomic E-state index is 0.0950. The Hall–Kier alpha value is -0.700. The third-order valence-corrected chi connectivity index (χ3v) is 1.41. The Kier molecular flexibility index (Phi) is 2.76. The molecule has 1 unspecified atom stereocenters. The molecule has 0 aliphatic carbocycles. The number of ether oxygens (including phenoxy) is 2. The first kappa shape index (κ1) is 8.40. The van der Waals surface area contributed by atoms with E-state index in [1.807, 2.05) is 13.8 Å². The van der Waals surface area contributed by atoms with Crippen LogP contribution < -0.4 is 0 Å². The molecule has 3 nitrogen and oxygen atoms in total. The molecule has 0 fully saturated rings. The van der Waals surface area contributed by atoms with Gasteiger partial charge in [-0.15, -0.1) is 0 Å². The second-order valence-corrected chi connectivity index (χ2v) is 2.86. The van der Waals surface area contributed by atoms with Gasteiger partial charge in [-0.2, -0.15) is 0 Å². The van der Waals surface area contributed by atoms with Crippen LogP contribution in [-0.4, -0.2) is 23.9 Å². The largest absolute Gasteiger partial charge is 0.497 e. The predicted octanol–water partition coefficient (Wildman–Crippen LogP) is 1.03. The maximum Gasteiger partial charge on any atom is 0.159 e. The molecular weight excluding hydrogens is 144 g/mol. The van der Waals surface area contributed by atoms with Gasteiger partial charge < -0.3 is 14.6 Å². The van der Waals surface area contributed by atoms with E-state index in [1.165, 1.54) is 6.26 Å². The number of aliphatic hydroxyl groups is 1. The number of aliphatic hydroxyl groups excluding tert-OH is 1. The molecule has 0 bridgehead atoms. The van der Waals surface area contributed by atoms with Gasteiger partial charge in [0, 0.05) is 6.42 Å². The molecule has 64 valence electrons. The van der Waals surface area contributed by atoms with Crippen molar-refractivity contribution in [3.63, 3.8) is 0 Å². The van der Waals surface area contributed by atoms with Crippen molar-refractivity contribution in [3.05, 3.63) is 12.0 Å². The summed E-state index contributed by atoms with van der Waals surface area (Å²) >= 11 is 0. The molecule has 1 aliphatic heterocycles. The first-order chi connectivity index (χ1) is 5.20. The highest BCUT2D eigenvalue weighted by atomic mass is 16.5. The molecule has 0 aromatic rings. The van der Waals surface area contributed by atoms with E-state index in [1.54, 1.807) is 0 Å². The van der Waals surface area contributed by atoms with Crippen LogP contribution >= 0.6 is 0 Å². The fraction of sp³-hybridized carbons (Fsp3) is 0.750. The zero-order valence-electron chi connectivity index (χ0n) is 6.91. The standard InChI is InChI=1S/C8H14O3/c1-6(2)11-8-5-10-4-3-7(8)9/h5-7,9H,3-4H2,1-2H3. The van der Waals surface area contributed by atoms with E-state index in [-0.39, 0.29) is 6.10 Å². The quantitative estimate of drug-likeness (QED) is 0.652. The van der Waals surface area contributed by atoms with E-state index >= 15 is 0 Å². The van der Waals surface area contributed by atoms with Gasteiger partial charge in [0.1, 0.15) is 12.4 Å². The second-order valence-electron chi connectivity index (χ2n) is 2.86. The summed E-state index contributed by atoms with van der Waals surface area (Å²) in [7, 11) is 0. The molecule has 1 N–H and O–H groups in total. The van der Waals surface area contributed by atoms with E-state index in [0.29, 0.717) is 18.8 Å². The summed E-state index contributed by atoms with van der Waals surface area (Å²) in [5.74, 6) is 0.547. The minimum Gasteiger partial charge on any atom is -0.497 e. The lowest BCUT2D eigenvalue weighted by atomic mass is 10.2. The normalized spacial score (nSPS) is 24.4. The van der Waals surface area contributed by atoms with Crippen LogP contribution in [0.15, 0.2) is 12.0 Å². The van der Waals surface area contributed by atoms with Crippen molar-refractivity contribution < 1.29 is 14.6 Å². The van der Waals surface area contributed by atoms with E-state index in [9.17, 15) is 5.11 Å². The van der Waals surface area contributed by atoms with Crippen molar-refractivity contribution in [2.45, 2.75) is 32.5 Å². The minimum atomic E-state index is -0.480. The average Bonchev–Trinajstić information content (AvgIpc) is 1.93. The number of rotatable bonds is 2. The molecule has 1 atom stereocenters. The van der Waals surface area contributed by atoms with Gasteiger partial charge >= 0.3 is 0 Å². The molecule has 0 saturated heterocycles. The Morgan fingerprint density at radius 2 is 2.45 bits per heavy atom. The molecule has 0 radical (unpaired) electrons. The topological polar surface area (TPSA) is 38.7 Å². The first-order valence-electron chi connectivity index (χ1n) is 3.86. The SMILES string of the molecule is CC(C)OC1=COCCC1O. The number of hydrogen-bond donors (Lipinski definition) is 1. The van der Waals surface area contributed by atoms with Crippen molar-refractivity contribution in [2.75, 3.05) is 6.61 Å². The lowest BCUT2D eigenvalue weighted by Gasteiger charge is -2.21. The van der Waals surface area contributed by atoms with Crippen LogP contribution in [-0.2, 0) is 9.47 Å². The fourth-order valence-electron chi connectivity index (χ4n) is 0.920. The van der Waals surface area contributed by atoms with Crippen LogP contribution in [0.4, 0.5) is 0 Å². The van der Waals surface area contributed by atoms with Gasteiger partial charge in [0.15, 0.2) is 5.76 Å². The lowest BCUT2D eigenvalue weighted by Crippen LogP contribution is -2.21. The molecule has 0 aromatic carbocycles. The maximum absolute atomic E-state index is 9.34. The van der Waals surface area contributed by atoms with Crippen LogP contribution in [0.3, 0.4) is 0 Å². The van der Waals surface area contributed by atoms with Crippen molar-refractivity contribution >= 4 is 0 Å². The molecule has 0 amide bonds.